The van der Waals surface area contributed by atoms with Crippen molar-refractivity contribution in [3.05, 3.63) is 29.8 Å². The first kappa shape index (κ1) is 14.6. The van der Waals surface area contributed by atoms with Crippen molar-refractivity contribution in [2.45, 2.75) is 6.61 Å². The Morgan fingerprint density at radius 1 is 1.39 bits per heavy atom. The van der Waals surface area contributed by atoms with Crippen LogP contribution in [0.15, 0.2) is 24.3 Å². The fourth-order valence-electron chi connectivity index (χ4n) is 1.20. The van der Waals surface area contributed by atoms with Gasteiger partial charge in [0.2, 0.25) is 0 Å². The summed E-state index contributed by atoms with van der Waals surface area (Å²) in [5, 5.41) is 2.57. The Morgan fingerprint density at radius 2 is 2.00 bits per heavy atom. The Bertz CT molecular complexity index is 423. The van der Waals surface area contributed by atoms with E-state index in [1.807, 2.05) is 0 Å². The van der Waals surface area contributed by atoms with Crippen molar-refractivity contribution < 1.29 is 22.5 Å². The Labute approximate surface area is 106 Å². The average molecular weight is 277 g/mol. The highest BCUT2D eigenvalue weighted by atomic mass is 32.2. The third-order valence-corrected chi connectivity index (χ3v) is 2.80. The van der Waals surface area contributed by atoms with E-state index in [-0.39, 0.29) is 11.7 Å². The van der Waals surface area contributed by atoms with Crippen molar-refractivity contribution in [3.8, 4) is 5.75 Å². The molecule has 0 saturated carbocycles. The minimum absolute atomic E-state index is 0.00351. The molecule has 0 bridgehead atoms. The van der Waals surface area contributed by atoms with Crippen LogP contribution in [0.5, 0.6) is 5.75 Å². The Balaban J connectivity index is 2.51. The molecule has 0 aliphatic carbocycles. The first-order valence-electron chi connectivity index (χ1n) is 5.12. The van der Waals surface area contributed by atoms with Gasteiger partial charge in [0.05, 0.1) is 0 Å². The van der Waals surface area contributed by atoms with E-state index in [9.17, 15) is 17.8 Å². The van der Waals surface area contributed by atoms with Crippen LogP contribution in [0.2, 0.25) is 0 Å². The van der Waals surface area contributed by atoms with Crippen LogP contribution < -0.4 is 10.1 Å². The maximum Gasteiger partial charge on any atom is 0.387 e. The molecule has 1 unspecified atom stereocenters. The fourth-order valence-corrected chi connectivity index (χ4v) is 1.59. The zero-order valence-corrected chi connectivity index (χ0v) is 10.5. The lowest BCUT2D eigenvalue weighted by Gasteiger charge is -2.06. The van der Waals surface area contributed by atoms with E-state index in [0.717, 1.165) is 0 Å². The summed E-state index contributed by atoms with van der Waals surface area (Å²) in [7, 11) is -0.967. The predicted molar refractivity (Wildman–Crippen MR) is 64.3 cm³/mol. The second-order valence-electron chi connectivity index (χ2n) is 3.44. The van der Waals surface area contributed by atoms with E-state index < -0.39 is 17.4 Å². The summed E-state index contributed by atoms with van der Waals surface area (Å²) < 4.78 is 38.7. The number of ether oxygens (including phenoxy) is 1. The zero-order valence-electron chi connectivity index (χ0n) is 9.69. The molecule has 1 aromatic carbocycles. The first-order chi connectivity index (χ1) is 8.49. The number of carbonyl (C=O) groups is 1. The lowest BCUT2D eigenvalue weighted by atomic mass is 10.2. The minimum atomic E-state index is -2.88. The smallest absolute Gasteiger partial charge is 0.387 e. The first-order valence-corrected chi connectivity index (χ1v) is 6.85. The molecular weight excluding hydrogens is 264 g/mol. The summed E-state index contributed by atoms with van der Waals surface area (Å²) in [6, 6.07) is 5.35. The number of carbonyl (C=O) groups excluding carboxylic acids is 1. The monoisotopic (exact) mass is 277 g/mol. The number of rotatable bonds is 6. The van der Waals surface area contributed by atoms with Gasteiger partial charge in [-0.25, -0.2) is 0 Å². The SMILES string of the molecule is CS(=O)CCNC(=O)c1ccc(OC(F)F)cc1. The minimum Gasteiger partial charge on any atom is -0.435 e. The lowest BCUT2D eigenvalue weighted by molar-refractivity contribution is -0.0498. The van der Waals surface area contributed by atoms with E-state index in [1.165, 1.54) is 24.3 Å². The van der Waals surface area contributed by atoms with Crippen LogP contribution >= 0.6 is 0 Å². The van der Waals surface area contributed by atoms with E-state index in [1.54, 1.807) is 6.26 Å². The molecule has 1 atom stereocenters. The van der Waals surface area contributed by atoms with E-state index in [2.05, 4.69) is 10.1 Å². The van der Waals surface area contributed by atoms with Crippen molar-refractivity contribution in [3.63, 3.8) is 0 Å². The molecular formula is C11H13F2NO3S. The normalized spacial score (nSPS) is 12.2. The highest BCUT2D eigenvalue weighted by Gasteiger charge is 2.07. The fraction of sp³-hybridized carbons (Fsp3) is 0.364. The van der Waals surface area contributed by atoms with Crippen molar-refractivity contribution in [1.29, 1.82) is 0 Å². The molecule has 0 aliphatic rings. The number of benzene rings is 1. The van der Waals surface area contributed by atoms with Gasteiger partial charge in [-0.15, -0.1) is 0 Å². The Morgan fingerprint density at radius 3 is 2.50 bits per heavy atom. The number of halogens is 2. The Kier molecular flexibility index (Phi) is 5.70. The van der Waals surface area contributed by atoms with Crippen molar-refractivity contribution in [1.82, 2.24) is 5.32 Å². The van der Waals surface area contributed by atoms with Gasteiger partial charge in [0.25, 0.3) is 5.91 Å². The standard InChI is InChI=1S/C11H13F2NO3S/c1-18(16)7-6-14-10(15)8-2-4-9(5-3-8)17-11(12)13/h2-5,11H,6-7H2,1H3,(H,14,15). The van der Waals surface area contributed by atoms with Gasteiger partial charge in [0, 0.05) is 34.9 Å². The van der Waals surface area contributed by atoms with Crippen molar-refractivity contribution in [2.75, 3.05) is 18.6 Å². The van der Waals surface area contributed by atoms with Crippen LogP contribution in [-0.4, -0.2) is 35.3 Å². The van der Waals surface area contributed by atoms with Gasteiger partial charge in [-0.3, -0.25) is 9.00 Å². The molecule has 0 spiro atoms. The van der Waals surface area contributed by atoms with Gasteiger partial charge in [-0.05, 0) is 24.3 Å². The van der Waals surface area contributed by atoms with E-state index >= 15 is 0 Å². The molecule has 4 nitrogen and oxygen atoms in total. The third-order valence-electron chi connectivity index (χ3n) is 2.02. The third kappa shape index (κ3) is 5.22. The molecule has 18 heavy (non-hydrogen) atoms. The van der Waals surface area contributed by atoms with Crippen molar-refractivity contribution >= 4 is 16.7 Å². The molecule has 0 aromatic heterocycles. The summed E-state index contributed by atoms with van der Waals surface area (Å²) in [6.45, 7) is -2.58. The number of hydrogen-bond donors (Lipinski definition) is 1. The summed E-state index contributed by atoms with van der Waals surface area (Å²) in [4.78, 5) is 11.6. The summed E-state index contributed by atoms with van der Waals surface area (Å²) in [5.41, 5.74) is 0.332. The average Bonchev–Trinajstić information content (AvgIpc) is 2.28. The summed E-state index contributed by atoms with van der Waals surface area (Å²) >= 11 is 0. The van der Waals surface area contributed by atoms with E-state index in [0.29, 0.717) is 17.9 Å². The highest BCUT2D eigenvalue weighted by molar-refractivity contribution is 7.84. The molecule has 1 N–H and O–H groups in total. The maximum absolute atomic E-state index is 11.9. The van der Waals surface area contributed by atoms with Crippen LogP contribution in [0.4, 0.5) is 8.78 Å². The van der Waals surface area contributed by atoms with Crippen LogP contribution in [0.1, 0.15) is 10.4 Å². The van der Waals surface area contributed by atoms with Gasteiger partial charge in [-0.1, -0.05) is 0 Å². The van der Waals surface area contributed by atoms with Gasteiger partial charge in [0.1, 0.15) is 5.75 Å². The van der Waals surface area contributed by atoms with Gasteiger partial charge < -0.3 is 10.1 Å². The van der Waals surface area contributed by atoms with Crippen LogP contribution in [0.25, 0.3) is 0 Å². The molecule has 0 radical (unpaired) electrons. The van der Waals surface area contributed by atoms with E-state index in [4.69, 9.17) is 0 Å². The van der Waals surface area contributed by atoms with Gasteiger partial charge in [0.15, 0.2) is 0 Å². The lowest BCUT2D eigenvalue weighted by Crippen LogP contribution is -2.27. The number of nitrogens with one attached hydrogen (secondary N) is 1. The van der Waals surface area contributed by atoms with Gasteiger partial charge in [-0.2, -0.15) is 8.78 Å². The number of amides is 1. The van der Waals surface area contributed by atoms with Crippen LogP contribution in [-0.2, 0) is 10.8 Å². The maximum atomic E-state index is 11.9. The van der Waals surface area contributed by atoms with Crippen molar-refractivity contribution in [2.24, 2.45) is 0 Å². The molecule has 0 heterocycles. The summed E-state index contributed by atoms with van der Waals surface area (Å²) in [5.74, 6) is 0.0263. The molecule has 100 valence electrons. The quantitative estimate of drug-likeness (QED) is 0.855. The number of alkyl halides is 2. The largest absolute Gasteiger partial charge is 0.435 e. The second-order valence-corrected chi connectivity index (χ2v) is 4.99. The molecule has 0 fully saturated rings. The molecule has 0 aliphatic heterocycles. The summed E-state index contributed by atoms with van der Waals surface area (Å²) in [6.07, 6.45) is 1.54. The number of hydrogen-bond acceptors (Lipinski definition) is 3. The van der Waals surface area contributed by atoms with Crippen LogP contribution in [0, 0.1) is 0 Å². The molecule has 1 rings (SSSR count). The van der Waals surface area contributed by atoms with Crippen LogP contribution in [0.3, 0.4) is 0 Å². The zero-order chi connectivity index (χ0) is 13.5. The molecule has 0 saturated heterocycles. The topological polar surface area (TPSA) is 55.4 Å². The predicted octanol–water partition coefficient (Wildman–Crippen LogP) is 1.40. The second kappa shape index (κ2) is 7.05. The van der Waals surface area contributed by atoms with Gasteiger partial charge >= 0.3 is 6.61 Å². The Hall–Kier alpha value is -1.50. The molecule has 1 amide bonds. The molecule has 1 aromatic rings. The molecule has 7 heteroatoms. The highest BCUT2D eigenvalue weighted by Crippen LogP contribution is 2.14.